The minimum atomic E-state index is -0.125. The summed E-state index contributed by atoms with van der Waals surface area (Å²) in [5.41, 5.74) is 2.04. The van der Waals surface area contributed by atoms with E-state index in [1.165, 1.54) is 12.3 Å². The number of hydrogen-bond acceptors (Lipinski definition) is 4. The number of aromatic hydroxyl groups is 1. The molecule has 0 aliphatic heterocycles. The zero-order chi connectivity index (χ0) is 15.4. The summed E-state index contributed by atoms with van der Waals surface area (Å²) in [5.74, 6) is -0.125. The first kappa shape index (κ1) is 12.6. The Bertz CT molecular complexity index is 1080. The van der Waals surface area contributed by atoms with Crippen LogP contribution in [-0.4, -0.2) is 10.1 Å². The second-order valence-corrected chi connectivity index (χ2v) is 5.24. The van der Waals surface area contributed by atoms with Crippen LogP contribution in [0.1, 0.15) is 5.56 Å². The molecule has 0 radical (unpaired) electrons. The molecule has 0 fully saturated rings. The molecule has 2 heterocycles. The van der Waals surface area contributed by atoms with Crippen LogP contribution in [0.15, 0.2) is 42.6 Å². The highest BCUT2D eigenvalue weighted by molar-refractivity contribution is 6.03. The van der Waals surface area contributed by atoms with E-state index < -0.39 is 0 Å². The molecule has 4 rings (SSSR count). The molecular weight excluding hydrogens is 282 g/mol. The van der Waals surface area contributed by atoms with Gasteiger partial charge in [0.2, 0.25) is 0 Å². The zero-order valence-electron chi connectivity index (χ0n) is 11.6. The van der Waals surface area contributed by atoms with Crippen LogP contribution in [0.3, 0.4) is 0 Å². The molecular formula is C16H11N3O3. The first-order chi connectivity index (χ1) is 10.6. The Hall–Kier alpha value is -3.15. The van der Waals surface area contributed by atoms with Crippen LogP contribution in [0.25, 0.3) is 33.0 Å². The molecule has 0 saturated heterocycles. The molecule has 0 unspecified atom stereocenters. The number of phenolic OH excluding ortho intramolecular Hbond substituents is 1. The van der Waals surface area contributed by atoms with Crippen molar-refractivity contribution in [1.82, 2.24) is 4.98 Å². The maximum absolute atomic E-state index is 12.7. The fourth-order valence-corrected chi connectivity index (χ4v) is 2.79. The van der Waals surface area contributed by atoms with Gasteiger partial charge >= 0.3 is 0 Å². The summed E-state index contributed by atoms with van der Waals surface area (Å²) in [5, 5.41) is 35.9. The normalized spacial score (nSPS) is 11.5. The number of nitrogens with zero attached hydrogens (tertiary/aromatic N) is 3. The quantitative estimate of drug-likeness (QED) is 0.232. The predicted molar refractivity (Wildman–Crippen MR) is 81.1 cm³/mol. The molecule has 4 aromatic rings. The van der Waals surface area contributed by atoms with Gasteiger partial charge in [0.1, 0.15) is 11.3 Å². The predicted octanol–water partition coefficient (Wildman–Crippen LogP) is 1.82. The van der Waals surface area contributed by atoms with Crippen LogP contribution in [0.2, 0.25) is 0 Å². The molecule has 0 atom stereocenters. The van der Waals surface area contributed by atoms with Gasteiger partial charge in [-0.15, -0.1) is 0 Å². The first-order valence-electron chi connectivity index (χ1n) is 6.74. The highest BCUT2D eigenvalue weighted by atomic mass is 16.5. The molecule has 0 aliphatic carbocycles. The molecule has 0 aliphatic rings. The Kier molecular flexibility index (Phi) is 2.39. The molecule has 0 saturated carbocycles. The monoisotopic (exact) mass is 293 g/mol. The van der Waals surface area contributed by atoms with E-state index in [1.54, 1.807) is 30.3 Å². The fraction of sp³-hybridized carbons (Fsp3) is 0.0625. The lowest BCUT2D eigenvalue weighted by atomic mass is 10.1. The van der Waals surface area contributed by atoms with Crippen molar-refractivity contribution < 1.29 is 14.6 Å². The Morgan fingerprint density at radius 1 is 1.00 bits per heavy atom. The Balaban J connectivity index is 2.37. The minimum absolute atomic E-state index is 0.117. The lowest BCUT2D eigenvalue weighted by Gasteiger charge is -2.10. The van der Waals surface area contributed by atoms with Gasteiger partial charge in [-0.05, 0) is 24.6 Å². The summed E-state index contributed by atoms with van der Waals surface area (Å²) >= 11 is 0. The summed E-state index contributed by atoms with van der Waals surface area (Å²) < 4.78 is 1.40. The fourth-order valence-electron chi connectivity index (χ4n) is 2.79. The number of benzene rings is 2. The average molecular weight is 293 g/mol. The third-order valence-corrected chi connectivity index (χ3v) is 3.81. The van der Waals surface area contributed by atoms with Gasteiger partial charge in [0.25, 0.3) is 22.1 Å². The van der Waals surface area contributed by atoms with Crippen molar-refractivity contribution in [2.45, 2.75) is 6.92 Å². The zero-order valence-corrected chi connectivity index (χ0v) is 11.6. The van der Waals surface area contributed by atoms with Crippen molar-refractivity contribution in [3.05, 3.63) is 58.6 Å². The Labute approximate surface area is 124 Å². The van der Waals surface area contributed by atoms with Crippen molar-refractivity contribution in [2.75, 3.05) is 0 Å². The maximum atomic E-state index is 12.7. The van der Waals surface area contributed by atoms with E-state index in [0.29, 0.717) is 15.6 Å². The second-order valence-electron chi connectivity index (χ2n) is 5.24. The number of hydrogen-bond donors (Lipinski definition) is 1. The number of rotatable bonds is 0. The highest BCUT2D eigenvalue weighted by Crippen LogP contribution is 2.28. The SMILES string of the molecule is Cc1ccc2c(c1)[n+]([O-])c1cc(O)c3ncccc3c1[n+]2[O-]. The van der Waals surface area contributed by atoms with E-state index in [1.807, 2.05) is 6.92 Å². The van der Waals surface area contributed by atoms with Crippen molar-refractivity contribution in [3.63, 3.8) is 0 Å². The highest BCUT2D eigenvalue weighted by Gasteiger charge is 2.25. The minimum Gasteiger partial charge on any atom is -0.617 e. The summed E-state index contributed by atoms with van der Waals surface area (Å²) in [7, 11) is 0. The van der Waals surface area contributed by atoms with Crippen molar-refractivity contribution >= 4 is 33.0 Å². The topological polar surface area (TPSA) is 87.0 Å². The third-order valence-electron chi connectivity index (χ3n) is 3.81. The van der Waals surface area contributed by atoms with Gasteiger partial charge in [0, 0.05) is 18.3 Å². The molecule has 108 valence electrons. The van der Waals surface area contributed by atoms with E-state index >= 15 is 0 Å². The van der Waals surface area contributed by atoms with E-state index in [4.69, 9.17) is 0 Å². The lowest BCUT2D eigenvalue weighted by Crippen LogP contribution is -2.39. The summed E-state index contributed by atoms with van der Waals surface area (Å²) in [6.07, 6.45) is 1.53. The average Bonchev–Trinajstić information content (AvgIpc) is 2.52. The molecule has 0 amide bonds. The van der Waals surface area contributed by atoms with E-state index in [2.05, 4.69) is 4.98 Å². The van der Waals surface area contributed by atoms with E-state index in [-0.39, 0.29) is 27.8 Å². The molecule has 6 heteroatoms. The van der Waals surface area contributed by atoms with Gasteiger partial charge in [-0.1, -0.05) is 6.07 Å². The van der Waals surface area contributed by atoms with Gasteiger partial charge in [-0.25, -0.2) is 0 Å². The Morgan fingerprint density at radius 2 is 1.82 bits per heavy atom. The summed E-state index contributed by atoms with van der Waals surface area (Å²) in [4.78, 5) is 4.08. The molecule has 0 bridgehead atoms. The summed E-state index contributed by atoms with van der Waals surface area (Å²) in [6, 6.07) is 9.67. The van der Waals surface area contributed by atoms with Crippen LogP contribution >= 0.6 is 0 Å². The number of fused-ring (bicyclic) bond motifs is 4. The van der Waals surface area contributed by atoms with Crippen LogP contribution in [-0.2, 0) is 0 Å². The molecule has 6 nitrogen and oxygen atoms in total. The van der Waals surface area contributed by atoms with Gasteiger partial charge < -0.3 is 15.5 Å². The number of pyridine rings is 1. The maximum Gasteiger partial charge on any atom is 0.300 e. The summed E-state index contributed by atoms with van der Waals surface area (Å²) in [6.45, 7) is 1.85. The van der Waals surface area contributed by atoms with Crippen molar-refractivity contribution in [1.29, 1.82) is 0 Å². The standard InChI is InChI=1S/C16H11N3O3/c1-9-4-5-11-12(7-9)18(21)13-8-14(20)15-10(3-2-6-17-15)16(13)19(11)22/h2-8,20H,1H3. The van der Waals surface area contributed by atoms with Crippen LogP contribution in [0.4, 0.5) is 0 Å². The molecule has 0 spiro atoms. The Morgan fingerprint density at radius 3 is 2.64 bits per heavy atom. The molecule has 22 heavy (non-hydrogen) atoms. The smallest absolute Gasteiger partial charge is 0.300 e. The molecule has 2 aromatic heterocycles. The third kappa shape index (κ3) is 1.52. The van der Waals surface area contributed by atoms with Crippen molar-refractivity contribution in [2.24, 2.45) is 0 Å². The van der Waals surface area contributed by atoms with Crippen LogP contribution in [0, 0.1) is 17.3 Å². The largest absolute Gasteiger partial charge is 0.617 e. The lowest BCUT2D eigenvalue weighted by molar-refractivity contribution is -0.590. The first-order valence-corrected chi connectivity index (χ1v) is 6.74. The van der Waals surface area contributed by atoms with Gasteiger partial charge in [0.05, 0.1) is 11.5 Å². The van der Waals surface area contributed by atoms with Gasteiger partial charge in [-0.2, -0.15) is 9.46 Å². The molecule has 1 N–H and O–H groups in total. The van der Waals surface area contributed by atoms with E-state index in [9.17, 15) is 15.5 Å². The van der Waals surface area contributed by atoms with Crippen LogP contribution < -0.4 is 9.46 Å². The van der Waals surface area contributed by atoms with Crippen molar-refractivity contribution in [3.8, 4) is 5.75 Å². The number of aryl methyl sites for hydroxylation is 1. The van der Waals surface area contributed by atoms with Crippen LogP contribution in [0.5, 0.6) is 5.75 Å². The number of aromatic nitrogens is 3. The number of phenols is 1. The van der Waals surface area contributed by atoms with Gasteiger partial charge in [0.15, 0.2) is 0 Å². The van der Waals surface area contributed by atoms with E-state index in [0.717, 1.165) is 10.3 Å². The second kappa shape index (κ2) is 4.17. The molecule has 2 aromatic carbocycles. The van der Waals surface area contributed by atoms with Gasteiger partial charge in [-0.3, -0.25) is 4.98 Å².